The Balaban J connectivity index is 2.48. The van der Waals surface area contributed by atoms with Gasteiger partial charge in [-0.1, -0.05) is 18.2 Å². The Morgan fingerprint density at radius 3 is 3.07 bits per heavy atom. The summed E-state index contributed by atoms with van der Waals surface area (Å²) in [6.07, 6.45) is 0.777. The van der Waals surface area contributed by atoms with Crippen molar-refractivity contribution in [1.82, 2.24) is 0 Å². The average Bonchev–Trinajstić information content (AvgIpc) is 2.30. The van der Waals surface area contributed by atoms with Gasteiger partial charge >= 0.3 is 0 Å². The first-order chi connectivity index (χ1) is 7.32. The normalized spacial score (nSPS) is 24.3. The third kappa shape index (κ3) is 1.75. The molecule has 1 heterocycles. The second-order valence-corrected chi connectivity index (χ2v) is 4.60. The molecule has 0 saturated heterocycles. The molecule has 0 fully saturated rings. The molecule has 0 amide bonds. The maximum absolute atomic E-state index is 9.34. The van der Waals surface area contributed by atoms with Gasteiger partial charge in [0.05, 0.1) is 0 Å². The van der Waals surface area contributed by atoms with Crippen LogP contribution in [-0.2, 0) is 10.3 Å². The molecule has 0 spiro atoms. The molecular weight excluding hydrogens is 206 g/mol. The third-order valence-electron chi connectivity index (χ3n) is 2.61. The Bertz CT molecular complexity index is 399. The van der Waals surface area contributed by atoms with Gasteiger partial charge in [-0.25, -0.2) is 0 Å². The molecule has 1 aliphatic rings. The van der Waals surface area contributed by atoms with E-state index in [-0.39, 0.29) is 0 Å². The summed E-state index contributed by atoms with van der Waals surface area (Å²) >= 11 is 1.80. The molecule has 1 atom stereocenters. The van der Waals surface area contributed by atoms with Gasteiger partial charge in [0.25, 0.3) is 0 Å². The number of nitrogens with zero attached hydrogens (tertiary/aromatic N) is 1. The molecule has 0 aliphatic carbocycles. The zero-order valence-corrected chi connectivity index (χ0v) is 9.51. The van der Waals surface area contributed by atoms with Crippen LogP contribution < -0.4 is 0 Å². The fraction of sp³-hybridized carbons (Fsp3) is 0.417. The van der Waals surface area contributed by atoms with Crippen LogP contribution >= 0.6 is 11.8 Å². The SMILES string of the molecule is CCOC1(C#N)CCSc2ccccc21. The number of fused-ring (bicyclic) bond motifs is 1. The fourth-order valence-corrected chi connectivity index (χ4v) is 3.08. The number of hydrogen-bond acceptors (Lipinski definition) is 3. The maximum Gasteiger partial charge on any atom is 0.181 e. The molecule has 0 saturated carbocycles. The van der Waals surface area contributed by atoms with Gasteiger partial charge in [0.1, 0.15) is 6.07 Å². The smallest absolute Gasteiger partial charge is 0.181 e. The van der Waals surface area contributed by atoms with Gasteiger partial charge in [0.2, 0.25) is 0 Å². The quantitative estimate of drug-likeness (QED) is 0.766. The Hall–Kier alpha value is -0.980. The fourth-order valence-electron chi connectivity index (χ4n) is 1.91. The van der Waals surface area contributed by atoms with Crippen LogP contribution in [0.1, 0.15) is 18.9 Å². The van der Waals surface area contributed by atoms with Crippen molar-refractivity contribution in [3.8, 4) is 6.07 Å². The van der Waals surface area contributed by atoms with Gasteiger partial charge in [0.15, 0.2) is 5.60 Å². The average molecular weight is 219 g/mol. The van der Waals surface area contributed by atoms with Crippen molar-refractivity contribution in [2.75, 3.05) is 12.4 Å². The molecule has 1 unspecified atom stereocenters. The summed E-state index contributed by atoms with van der Waals surface area (Å²) in [4.78, 5) is 1.18. The highest BCUT2D eigenvalue weighted by atomic mass is 32.2. The predicted octanol–water partition coefficient (Wildman–Crippen LogP) is 2.94. The minimum atomic E-state index is -0.712. The summed E-state index contributed by atoms with van der Waals surface area (Å²) in [7, 11) is 0. The lowest BCUT2D eigenvalue weighted by molar-refractivity contribution is -0.00357. The highest BCUT2D eigenvalue weighted by Gasteiger charge is 2.37. The van der Waals surface area contributed by atoms with Crippen LogP contribution in [0.4, 0.5) is 0 Å². The molecule has 3 heteroatoms. The first-order valence-electron chi connectivity index (χ1n) is 5.10. The highest BCUT2D eigenvalue weighted by molar-refractivity contribution is 7.99. The molecule has 15 heavy (non-hydrogen) atoms. The summed E-state index contributed by atoms with van der Waals surface area (Å²) < 4.78 is 5.67. The van der Waals surface area contributed by atoms with Crippen molar-refractivity contribution in [3.05, 3.63) is 29.8 Å². The number of rotatable bonds is 2. The van der Waals surface area contributed by atoms with Crippen molar-refractivity contribution in [2.45, 2.75) is 23.8 Å². The molecule has 0 bridgehead atoms. The lowest BCUT2D eigenvalue weighted by Crippen LogP contribution is -2.31. The number of nitriles is 1. The van der Waals surface area contributed by atoms with Crippen LogP contribution in [0.5, 0.6) is 0 Å². The number of hydrogen-bond donors (Lipinski definition) is 0. The highest BCUT2D eigenvalue weighted by Crippen LogP contribution is 2.42. The molecule has 2 nitrogen and oxygen atoms in total. The minimum absolute atomic E-state index is 0.576. The van der Waals surface area contributed by atoms with Gasteiger partial charge in [0, 0.05) is 29.2 Å². The van der Waals surface area contributed by atoms with Gasteiger partial charge in [-0.15, -0.1) is 11.8 Å². The number of thioether (sulfide) groups is 1. The van der Waals surface area contributed by atoms with E-state index in [2.05, 4.69) is 12.1 Å². The second-order valence-electron chi connectivity index (χ2n) is 3.47. The van der Waals surface area contributed by atoms with Crippen LogP contribution in [0.2, 0.25) is 0 Å². The van der Waals surface area contributed by atoms with E-state index >= 15 is 0 Å². The van der Waals surface area contributed by atoms with Crippen molar-refractivity contribution in [1.29, 1.82) is 5.26 Å². The largest absolute Gasteiger partial charge is 0.356 e. The second kappa shape index (κ2) is 4.26. The Labute approximate surface area is 94.2 Å². The third-order valence-corrected chi connectivity index (χ3v) is 3.68. The number of ether oxygens (including phenoxy) is 1. The molecule has 0 aromatic heterocycles. The van der Waals surface area contributed by atoms with Gasteiger partial charge < -0.3 is 4.74 Å². The Morgan fingerprint density at radius 2 is 2.33 bits per heavy atom. The van der Waals surface area contributed by atoms with Crippen LogP contribution in [0, 0.1) is 11.3 Å². The first-order valence-corrected chi connectivity index (χ1v) is 6.08. The van der Waals surface area contributed by atoms with Crippen molar-refractivity contribution in [3.63, 3.8) is 0 Å². The summed E-state index contributed by atoms with van der Waals surface area (Å²) in [6.45, 7) is 2.51. The summed E-state index contributed by atoms with van der Waals surface area (Å²) in [6, 6.07) is 10.4. The van der Waals surface area contributed by atoms with Crippen LogP contribution in [0.3, 0.4) is 0 Å². The van der Waals surface area contributed by atoms with E-state index in [0.29, 0.717) is 6.61 Å². The summed E-state index contributed by atoms with van der Waals surface area (Å²) in [5.74, 6) is 0.949. The van der Waals surface area contributed by atoms with E-state index in [1.165, 1.54) is 4.90 Å². The number of benzene rings is 1. The molecule has 0 radical (unpaired) electrons. The molecule has 78 valence electrons. The van der Waals surface area contributed by atoms with E-state index < -0.39 is 5.60 Å². The molecule has 0 N–H and O–H groups in total. The topological polar surface area (TPSA) is 33.0 Å². The Kier molecular flexibility index (Phi) is 2.99. The van der Waals surface area contributed by atoms with Gasteiger partial charge in [-0.05, 0) is 13.0 Å². The minimum Gasteiger partial charge on any atom is -0.356 e. The molecule has 1 aromatic carbocycles. The first kappa shape index (κ1) is 10.5. The molecular formula is C12H13NOS. The standard InChI is InChI=1S/C12H13NOS/c1-2-14-12(9-13)7-8-15-11-6-4-3-5-10(11)12/h3-6H,2,7-8H2,1H3. The zero-order valence-electron chi connectivity index (χ0n) is 8.69. The lowest BCUT2D eigenvalue weighted by atomic mass is 9.92. The van der Waals surface area contributed by atoms with Crippen molar-refractivity contribution < 1.29 is 4.74 Å². The maximum atomic E-state index is 9.34. The van der Waals surface area contributed by atoms with Gasteiger partial charge in [-0.3, -0.25) is 0 Å². The van der Waals surface area contributed by atoms with Crippen LogP contribution in [0.25, 0.3) is 0 Å². The van der Waals surface area contributed by atoms with Crippen LogP contribution in [-0.4, -0.2) is 12.4 Å². The Morgan fingerprint density at radius 1 is 1.53 bits per heavy atom. The van der Waals surface area contributed by atoms with E-state index in [0.717, 1.165) is 17.7 Å². The summed E-state index contributed by atoms with van der Waals surface area (Å²) in [5.41, 5.74) is 0.321. The van der Waals surface area contributed by atoms with E-state index in [4.69, 9.17) is 4.74 Å². The predicted molar refractivity (Wildman–Crippen MR) is 60.7 cm³/mol. The molecule has 1 aromatic rings. The van der Waals surface area contributed by atoms with Crippen LogP contribution in [0.15, 0.2) is 29.2 Å². The van der Waals surface area contributed by atoms with E-state index in [9.17, 15) is 5.26 Å². The van der Waals surface area contributed by atoms with E-state index in [1.807, 2.05) is 25.1 Å². The van der Waals surface area contributed by atoms with Crippen molar-refractivity contribution >= 4 is 11.8 Å². The molecule has 2 rings (SSSR count). The molecule has 1 aliphatic heterocycles. The van der Waals surface area contributed by atoms with Gasteiger partial charge in [-0.2, -0.15) is 5.26 Å². The van der Waals surface area contributed by atoms with E-state index in [1.54, 1.807) is 11.8 Å². The summed E-state index contributed by atoms with van der Waals surface area (Å²) in [5, 5.41) is 9.34. The zero-order chi connectivity index (χ0) is 10.7. The van der Waals surface area contributed by atoms with Crippen molar-refractivity contribution in [2.24, 2.45) is 0 Å². The monoisotopic (exact) mass is 219 g/mol. The lowest BCUT2D eigenvalue weighted by Gasteiger charge is -2.32.